The molecule has 0 bridgehead atoms. The molecule has 0 saturated carbocycles. The molecule has 0 amide bonds. The summed E-state index contributed by atoms with van der Waals surface area (Å²) in [7, 11) is 0. The summed E-state index contributed by atoms with van der Waals surface area (Å²) in [4.78, 5) is 63.5. The van der Waals surface area contributed by atoms with E-state index in [9.17, 15) is 34.2 Å². The number of ether oxygens (including phenoxy) is 7. The van der Waals surface area contributed by atoms with Crippen LogP contribution in [0.5, 0.6) is 0 Å². The number of benzene rings is 8. The molecular formula is C92H96Br3Cl11N6O16. The maximum absolute atomic E-state index is 10.9. The number of hydrogen-bond donors (Lipinski definition) is 5. The normalized spacial score (nSPS) is 19.8. The first-order chi connectivity index (χ1) is 61.3. The first-order valence-electron chi connectivity index (χ1n) is 39.1. The molecule has 688 valence electrons. The van der Waals surface area contributed by atoms with E-state index in [4.69, 9.17) is 181 Å². The number of amidine groups is 2. The van der Waals surface area contributed by atoms with Crippen molar-refractivity contribution in [2.45, 2.75) is 116 Å². The van der Waals surface area contributed by atoms with Gasteiger partial charge in [0.15, 0.2) is 0 Å². The van der Waals surface area contributed by atoms with Gasteiger partial charge in [0.05, 0.1) is 75.4 Å². The third-order valence-corrected chi connectivity index (χ3v) is 23.8. The average molecular weight is 2170 g/mol. The first-order valence-corrected chi connectivity index (χ1v) is 46.7. The number of esters is 3. The van der Waals surface area contributed by atoms with E-state index in [0.29, 0.717) is 87.8 Å². The zero-order chi connectivity index (χ0) is 94.5. The standard InChI is InChI=1S/C13H14Cl2N2O3.C11H13ClN2O2.2C11H10ClNO.C10H11Br2ClO.C10H10BrClO.C10H11ClO.C7H5ClO.C5H8O2.C4H4Cl2O3/c14-6-12(18)20-17-13(16)9-5-11(19-7-9)8-1-3-10(15)4-2-8;12-9-3-1-7(2-4-9)10-5-8(6-16-10)11(13)14-15;2*1-13-10-6-11(14-7-10)8-2-4-9(12)5-3-8;11-6-8(12)5-10(14)7-1-3-9(13)4-2-7;11-8-5-10(13-6-8)7-1-3-9(12)4-2-7;1-2-3-10(12)8-4-6-9(11)7-5-8;8-7-3-1-6(5-9)2-4-7;1-3-4-7-5(2)6;5-1-3(7)9-4(8)2-6/h1-4,9,11H,5-7H2,(H2,16,17);1-4,8,10,15H,5-6H2,(H2,13,14);2*2-5,10-11H,6-7H2;1-4,8,10,14H,5-6H2;1-4,8,10H,5-6H2;2,4-7,10,12H,1,3H2;1-5H;3H,1,4H2,2H3;1-2H2/t9-,11+;8-,10+;10-,11+;10-,11-;2*8?,10-;10-;;;/m0001111.../s1. The summed E-state index contributed by atoms with van der Waals surface area (Å²) in [6.07, 6.45) is 8.75. The number of aldehydes is 1. The van der Waals surface area contributed by atoms with Crippen molar-refractivity contribution in [3.8, 4) is 0 Å². The molecule has 0 aliphatic carbocycles. The van der Waals surface area contributed by atoms with Crippen molar-refractivity contribution in [3.63, 3.8) is 0 Å². The van der Waals surface area contributed by atoms with E-state index in [1.807, 2.05) is 146 Å². The summed E-state index contributed by atoms with van der Waals surface area (Å²) in [5.74, 6) is -3.00. The summed E-state index contributed by atoms with van der Waals surface area (Å²) < 4.78 is 36.4. The summed E-state index contributed by atoms with van der Waals surface area (Å²) >= 11 is 71.6. The molecule has 13 rings (SSSR count). The fourth-order valence-corrected chi connectivity index (χ4v) is 13.8. The number of nitrogens with two attached hydrogens (primary N) is 2. The van der Waals surface area contributed by atoms with Crippen LogP contribution < -0.4 is 11.5 Å². The Morgan fingerprint density at radius 2 is 0.812 bits per heavy atom. The number of carbonyl (C=O) groups is 5. The number of alkyl halides is 6. The van der Waals surface area contributed by atoms with Crippen LogP contribution in [0.4, 0.5) is 0 Å². The van der Waals surface area contributed by atoms with E-state index in [-0.39, 0.29) is 94.5 Å². The topological polar surface area (TPSA) is 305 Å². The molecule has 8 aromatic rings. The molecule has 5 aliphatic heterocycles. The number of halogens is 14. The van der Waals surface area contributed by atoms with E-state index in [1.54, 1.807) is 54.6 Å². The van der Waals surface area contributed by atoms with E-state index >= 15 is 0 Å². The molecule has 0 aromatic heterocycles. The first kappa shape index (κ1) is 113. The molecule has 0 spiro atoms. The lowest BCUT2D eigenvalue weighted by molar-refractivity contribution is -0.156. The lowest BCUT2D eigenvalue weighted by atomic mass is 10.00. The maximum atomic E-state index is 10.9. The highest BCUT2D eigenvalue weighted by Gasteiger charge is 2.34. The average Bonchev–Trinajstić information content (AvgIpc) is 1.73. The zero-order valence-corrected chi connectivity index (χ0v) is 82.1. The van der Waals surface area contributed by atoms with Gasteiger partial charge < -0.3 is 74.6 Å². The molecule has 22 nitrogen and oxygen atoms in total. The van der Waals surface area contributed by atoms with Crippen molar-refractivity contribution >= 4 is 217 Å². The predicted octanol–water partition coefficient (Wildman–Crippen LogP) is 24.7. The van der Waals surface area contributed by atoms with Crippen LogP contribution in [0.25, 0.3) is 9.69 Å². The molecule has 128 heavy (non-hydrogen) atoms. The Labute approximate surface area is 826 Å². The maximum Gasteiger partial charge on any atom is 0.349 e. The number of carbonyl (C=O) groups excluding carboxylic acids is 5. The van der Waals surface area contributed by atoms with Gasteiger partial charge in [-0.15, -0.1) is 41.4 Å². The molecule has 2 unspecified atom stereocenters. The van der Waals surface area contributed by atoms with Crippen molar-refractivity contribution in [2.24, 2.45) is 33.6 Å². The Kier molecular flexibility index (Phi) is 57.4. The zero-order valence-electron chi connectivity index (χ0n) is 69.0. The highest BCUT2D eigenvalue weighted by molar-refractivity contribution is 9.12. The molecule has 5 saturated heterocycles. The van der Waals surface area contributed by atoms with Gasteiger partial charge in [-0.2, -0.15) is 0 Å². The van der Waals surface area contributed by atoms with Gasteiger partial charge in [0, 0.05) is 79.5 Å². The summed E-state index contributed by atoms with van der Waals surface area (Å²) in [6, 6.07) is 59.3. The van der Waals surface area contributed by atoms with Gasteiger partial charge >= 0.3 is 23.9 Å². The van der Waals surface area contributed by atoms with Crippen molar-refractivity contribution < 1.29 is 77.4 Å². The van der Waals surface area contributed by atoms with Gasteiger partial charge in [-0.05, 0) is 168 Å². The largest absolute Gasteiger partial charge is 0.462 e. The summed E-state index contributed by atoms with van der Waals surface area (Å²) in [5, 5.41) is 41.0. The third kappa shape index (κ3) is 45.9. The smallest absolute Gasteiger partial charge is 0.349 e. The van der Waals surface area contributed by atoms with Gasteiger partial charge in [-0.3, -0.25) is 19.2 Å². The van der Waals surface area contributed by atoms with Crippen LogP contribution in [0, 0.1) is 25.0 Å². The fourth-order valence-electron chi connectivity index (χ4n) is 11.5. The Hall–Kier alpha value is -6.94. The van der Waals surface area contributed by atoms with E-state index in [1.165, 1.54) is 18.6 Å². The Morgan fingerprint density at radius 1 is 0.492 bits per heavy atom. The summed E-state index contributed by atoms with van der Waals surface area (Å²) in [6.45, 7) is 25.2. The van der Waals surface area contributed by atoms with E-state index in [0.717, 1.165) is 92.4 Å². The lowest BCUT2D eigenvalue weighted by Crippen LogP contribution is -2.24. The van der Waals surface area contributed by atoms with Crippen molar-refractivity contribution in [2.75, 3.05) is 62.6 Å². The minimum Gasteiger partial charge on any atom is -0.462 e. The van der Waals surface area contributed by atoms with Crippen LogP contribution >= 0.6 is 175 Å². The highest BCUT2D eigenvalue weighted by Crippen LogP contribution is 2.38. The monoisotopic (exact) mass is 2160 g/mol. The van der Waals surface area contributed by atoms with Gasteiger partial charge in [-0.25, -0.2) is 17.9 Å². The van der Waals surface area contributed by atoms with Gasteiger partial charge in [0.1, 0.15) is 55.4 Å². The minimum atomic E-state index is -0.776. The SMILES string of the molecule is C=CCOC(C)=O.C=CC[C@@H](O)c1ccc(Cl)cc1.Clc1ccc([C@H]2CC(Br)CO2)cc1.N/C(=N/OC(=O)CCl)[C@@H]1CO[C@@H](c2ccc(Cl)cc2)C1.N/C(=N\O)[C@@H]1CO[C@@H](c2ccc(Cl)cc2)C1.O=C(CCl)OC(=O)CCl.O=Cc1ccc(Cl)cc1.O[C@H](CC(Br)CBr)c1ccc(Cl)cc1.[C-]#[N+][C@@H]1CO[C@@H](c2ccc(Cl)cc2)C1.[C-]#[N+][C@H]1CO[C@@H](c2ccc(Cl)cc2)C1. The molecule has 8 aromatic carbocycles. The molecule has 5 heterocycles. The number of rotatable bonds is 21. The summed E-state index contributed by atoms with van der Waals surface area (Å²) in [5.41, 5.74) is 19.3. The Balaban J connectivity index is 0.000000301. The number of nitrogens with zero attached hydrogens (tertiary/aromatic N) is 4. The molecule has 5 aliphatic rings. The van der Waals surface area contributed by atoms with Crippen LogP contribution in [-0.4, -0.2) is 142 Å². The predicted molar refractivity (Wildman–Crippen MR) is 521 cm³/mol. The second-order valence-corrected chi connectivity index (χ2v) is 35.3. The fraction of sp³-hybridized carbons (Fsp3) is 0.337. The molecule has 5 fully saturated rings. The third-order valence-electron chi connectivity index (χ3n) is 18.2. The van der Waals surface area contributed by atoms with Crippen molar-refractivity contribution in [1.82, 2.24) is 0 Å². The van der Waals surface area contributed by atoms with Gasteiger partial charge in [0.25, 0.3) is 0 Å². The van der Waals surface area contributed by atoms with Crippen LogP contribution in [0.15, 0.2) is 230 Å². The molecule has 0 radical (unpaired) electrons. The van der Waals surface area contributed by atoms with Crippen molar-refractivity contribution in [1.29, 1.82) is 0 Å². The Morgan fingerprint density at radius 3 is 1.10 bits per heavy atom. The second kappa shape index (κ2) is 64.8. The van der Waals surface area contributed by atoms with Crippen LogP contribution in [-0.2, 0) is 57.2 Å². The number of oxime groups is 2. The second-order valence-electron chi connectivity index (χ2n) is 27.8. The molecule has 7 N–H and O–H groups in total. The minimum absolute atomic E-state index is 0.00238. The lowest BCUT2D eigenvalue weighted by Gasteiger charge is -2.13. The van der Waals surface area contributed by atoms with Gasteiger partial charge in [-0.1, -0.05) is 267 Å². The Bertz CT molecular complexity index is 4680. The van der Waals surface area contributed by atoms with Gasteiger partial charge in [0.2, 0.25) is 12.1 Å². The molecule has 36 heteroatoms. The number of hydrogen-bond acceptors (Lipinski definition) is 18. The van der Waals surface area contributed by atoms with Crippen LogP contribution in [0.1, 0.15) is 144 Å². The number of aliphatic hydroxyl groups excluding tert-OH is 2. The quantitative estimate of drug-likeness (QED) is 0.00381. The van der Waals surface area contributed by atoms with E-state index in [2.05, 4.69) is 95.3 Å². The van der Waals surface area contributed by atoms with Crippen molar-refractivity contribution in [3.05, 3.63) is 327 Å². The van der Waals surface area contributed by atoms with Crippen LogP contribution in [0.2, 0.25) is 40.2 Å². The van der Waals surface area contributed by atoms with E-state index < -0.39 is 30.1 Å². The van der Waals surface area contributed by atoms with Crippen LogP contribution in [0.3, 0.4) is 0 Å². The highest BCUT2D eigenvalue weighted by atomic mass is 79.9. The number of aliphatic hydroxyl groups is 2. The molecule has 13 atom stereocenters. The molecular weight excluding hydrogens is 2070 g/mol.